The fourth-order valence-electron chi connectivity index (χ4n) is 2.17. The average molecular weight is 315 g/mol. The maximum atomic E-state index is 11.9. The number of hydrogen-bond acceptors (Lipinski definition) is 3. The lowest BCUT2D eigenvalue weighted by atomic mass is 10.0. The Morgan fingerprint density at radius 1 is 1.32 bits per heavy atom. The Bertz CT molecular complexity index is 641. The minimum Gasteiger partial charge on any atom is -0.489 e. The third-order valence-corrected chi connectivity index (χ3v) is 4.72. The molecule has 0 radical (unpaired) electrons. The summed E-state index contributed by atoms with van der Waals surface area (Å²) in [5, 5.41) is 5.00. The summed E-state index contributed by atoms with van der Waals surface area (Å²) < 4.78 is 5.79. The van der Waals surface area contributed by atoms with E-state index in [4.69, 9.17) is 4.74 Å². The molecule has 1 aromatic carbocycles. The molecule has 4 heteroatoms. The number of carbonyl (C=O) groups is 1. The zero-order chi connectivity index (χ0) is 15.5. The van der Waals surface area contributed by atoms with Gasteiger partial charge < -0.3 is 10.1 Å². The molecule has 0 spiro atoms. The number of carbonyl (C=O) groups excluding carboxylic acids is 1. The maximum absolute atomic E-state index is 11.9. The van der Waals surface area contributed by atoms with Crippen LogP contribution in [0, 0.1) is 0 Å². The van der Waals surface area contributed by atoms with Crippen molar-refractivity contribution in [3.63, 3.8) is 0 Å². The molecule has 0 aliphatic heterocycles. The number of hydrogen-bond donors (Lipinski definition) is 1. The van der Waals surface area contributed by atoms with Crippen LogP contribution in [0.3, 0.4) is 0 Å². The van der Waals surface area contributed by atoms with Crippen molar-refractivity contribution in [2.45, 2.75) is 45.3 Å². The number of rotatable bonds is 6. The van der Waals surface area contributed by atoms with E-state index in [1.165, 1.54) is 16.9 Å². The van der Waals surface area contributed by atoms with Gasteiger partial charge in [0.1, 0.15) is 12.4 Å². The third kappa shape index (κ3) is 3.89. The lowest BCUT2D eigenvalue weighted by molar-refractivity contribution is 0.0955. The van der Waals surface area contributed by atoms with E-state index in [-0.39, 0.29) is 5.91 Å². The molecule has 3 rings (SSSR count). The van der Waals surface area contributed by atoms with Crippen LogP contribution in [0.4, 0.5) is 0 Å². The van der Waals surface area contributed by atoms with Crippen LogP contribution in [-0.2, 0) is 6.61 Å². The summed E-state index contributed by atoms with van der Waals surface area (Å²) >= 11 is 1.48. The Morgan fingerprint density at radius 3 is 2.68 bits per heavy atom. The number of nitrogens with one attached hydrogen (secondary N) is 1. The average Bonchev–Trinajstić information content (AvgIpc) is 3.19. The van der Waals surface area contributed by atoms with Gasteiger partial charge in [0.25, 0.3) is 5.91 Å². The van der Waals surface area contributed by atoms with E-state index < -0.39 is 0 Å². The largest absolute Gasteiger partial charge is 0.489 e. The highest BCUT2D eigenvalue weighted by Gasteiger charge is 2.24. The van der Waals surface area contributed by atoms with Crippen molar-refractivity contribution in [2.75, 3.05) is 0 Å². The van der Waals surface area contributed by atoms with Crippen LogP contribution in [0.2, 0.25) is 0 Å². The second-order valence-electron chi connectivity index (χ2n) is 6.08. The van der Waals surface area contributed by atoms with E-state index in [1.54, 1.807) is 0 Å². The first-order chi connectivity index (χ1) is 10.6. The molecule has 1 aliphatic carbocycles. The smallest absolute Gasteiger partial charge is 0.261 e. The molecule has 0 bridgehead atoms. The van der Waals surface area contributed by atoms with Crippen molar-refractivity contribution in [3.05, 3.63) is 51.7 Å². The summed E-state index contributed by atoms with van der Waals surface area (Å²) in [6, 6.07) is 10.5. The second-order valence-corrected chi connectivity index (χ2v) is 6.99. The zero-order valence-electron chi connectivity index (χ0n) is 13.0. The first kappa shape index (κ1) is 15.1. The van der Waals surface area contributed by atoms with Crippen molar-refractivity contribution < 1.29 is 9.53 Å². The molecule has 1 fully saturated rings. The molecule has 1 aromatic heterocycles. The molecular formula is C18H21NO2S. The lowest BCUT2D eigenvalue weighted by Crippen LogP contribution is -2.24. The molecule has 0 saturated heterocycles. The fraction of sp³-hybridized carbons (Fsp3) is 0.389. The standard InChI is InChI=1S/C18H21NO2S/c1-12(2)14-3-7-16(8-4-14)21-10-13-9-17(22-11-13)18(20)19-15-5-6-15/h3-4,7-9,11-12,15H,5-6,10H2,1-2H3,(H,19,20). The Hall–Kier alpha value is -1.81. The highest BCUT2D eigenvalue weighted by atomic mass is 32.1. The van der Waals surface area contributed by atoms with Crippen LogP contribution >= 0.6 is 11.3 Å². The van der Waals surface area contributed by atoms with E-state index in [0.29, 0.717) is 18.6 Å². The molecule has 22 heavy (non-hydrogen) atoms. The predicted octanol–water partition coefficient (Wildman–Crippen LogP) is 4.34. The summed E-state index contributed by atoms with van der Waals surface area (Å²) in [6.45, 7) is 4.85. The molecule has 1 N–H and O–H groups in total. The second kappa shape index (κ2) is 6.53. The molecule has 116 valence electrons. The van der Waals surface area contributed by atoms with E-state index in [0.717, 1.165) is 29.0 Å². The SMILES string of the molecule is CC(C)c1ccc(OCc2csc(C(=O)NC3CC3)c2)cc1. The molecular weight excluding hydrogens is 294 g/mol. The van der Waals surface area contributed by atoms with Crippen molar-refractivity contribution in [1.82, 2.24) is 5.32 Å². The van der Waals surface area contributed by atoms with Crippen LogP contribution in [0.1, 0.15) is 53.4 Å². The molecule has 1 amide bonds. The Morgan fingerprint density at radius 2 is 2.05 bits per heavy atom. The van der Waals surface area contributed by atoms with Gasteiger partial charge in [0.05, 0.1) is 4.88 Å². The van der Waals surface area contributed by atoms with Crippen LogP contribution in [0.25, 0.3) is 0 Å². The summed E-state index contributed by atoms with van der Waals surface area (Å²) in [6.07, 6.45) is 2.22. The van der Waals surface area contributed by atoms with Gasteiger partial charge in [-0.05, 0) is 47.9 Å². The predicted molar refractivity (Wildman–Crippen MR) is 89.7 cm³/mol. The molecule has 3 nitrogen and oxygen atoms in total. The monoisotopic (exact) mass is 315 g/mol. The van der Waals surface area contributed by atoms with Crippen LogP contribution < -0.4 is 10.1 Å². The van der Waals surface area contributed by atoms with Gasteiger partial charge in [0, 0.05) is 11.6 Å². The maximum Gasteiger partial charge on any atom is 0.261 e. The third-order valence-electron chi connectivity index (χ3n) is 3.74. The quantitative estimate of drug-likeness (QED) is 0.861. The normalized spacial score (nSPS) is 14.1. The topological polar surface area (TPSA) is 38.3 Å². The minimum absolute atomic E-state index is 0.0417. The minimum atomic E-state index is 0.0417. The van der Waals surface area contributed by atoms with Gasteiger partial charge >= 0.3 is 0 Å². The molecule has 2 aromatic rings. The fourth-order valence-corrected chi connectivity index (χ4v) is 2.97. The van der Waals surface area contributed by atoms with Gasteiger partial charge in [-0.1, -0.05) is 26.0 Å². The van der Waals surface area contributed by atoms with Crippen molar-refractivity contribution in [1.29, 1.82) is 0 Å². The number of amides is 1. The van der Waals surface area contributed by atoms with Crippen molar-refractivity contribution in [3.8, 4) is 5.75 Å². The summed E-state index contributed by atoms with van der Waals surface area (Å²) in [5.41, 5.74) is 2.35. The number of benzene rings is 1. The van der Waals surface area contributed by atoms with Gasteiger partial charge in [0.15, 0.2) is 0 Å². The van der Waals surface area contributed by atoms with E-state index >= 15 is 0 Å². The molecule has 1 saturated carbocycles. The highest BCUT2D eigenvalue weighted by Crippen LogP contribution is 2.23. The van der Waals surface area contributed by atoms with Gasteiger partial charge in [-0.3, -0.25) is 4.79 Å². The van der Waals surface area contributed by atoms with E-state index in [2.05, 4.69) is 31.3 Å². The lowest BCUT2D eigenvalue weighted by Gasteiger charge is -2.08. The van der Waals surface area contributed by atoms with Crippen molar-refractivity contribution >= 4 is 17.2 Å². The molecule has 0 atom stereocenters. The van der Waals surface area contributed by atoms with Gasteiger partial charge in [-0.25, -0.2) is 0 Å². The Kier molecular flexibility index (Phi) is 4.48. The van der Waals surface area contributed by atoms with Gasteiger partial charge in [0.2, 0.25) is 0 Å². The Balaban J connectivity index is 1.54. The number of thiophene rings is 1. The molecule has 1 aliphatic rings. The number of ether oxygens (including phenoxy) is 1. The summed E-state index contributed by atoms with van der Waals surface area (Å²) in [4.78, 5) is 12.7. The van der Waals surface area contributed by atoms with E-state index in [9.17, 15) is 4.79 Å². The van der Waals surface area contributed by atoms with Gasteiger partial charge in [-0.15, -0.1) is 11.3 Å². The first-order valence-electron chi connectivity index (χ1n) is 7.73. The molecule has 1 heterocycles. The van der Waals surface area contributed by atoms with Crippen LogP contribution in [0.5, 0.6) is 5.75 Å². The zero-order valence-corrected chi connectivity index (χ0v) is 13.8. The Labute approximate surface area is 135 Å². The van der Waals surface area contributed by atoms with Crippen LogP contribution in [0.15, 0.2) is 35.7 Å². The summed E-state index contributed by atoms with van der Waals surface area (Å²) in [5.74, 6) is 1.43. The highest BCUT2D eigenvalue weighted by molar-refractivity contribution is 7.12. The molecule has 0 unspecified atom stereocenters. The van der Waals surface area contributed by atoms with E-state index in [1.807, 2.05) is 23.6 Å². The summed E-state index contributed by atoms with van der Waals surface area (Å²) in [7, 11) is 0. The van der Waals surface area contributed by atoms with Gasteiger partial charge in [-0.2, -0.15) is 0 Å². The first-order valence-corrected chi connectivity index (χ1v) is 8.61. The van der Waals surface area contributed by atoms with Crippen LogP contribution in [-0.4, -0.2) is 11.9 Å². The van der Waals surface area contributed by atoms with Crippen molar-refractivity contribution in [2.24, 2.45) is 0 Å².